The van der Waals surface area contributed by atoms with E-state index in [1.807, 2.05) is 24.0 Å². The van der Waals surface area contributed by atoms with Gasteiger partial charge in [0, 0.05) is 31.2 Å². The molecule has 1 aliphatic heterocycles. The minimum Gasteiger partial charge on any atom is -0.353 e. The molecule has 122 valence electrons. The predicted octanol–water partition coefficient (Wildman–Crippen LogP) is 1.91. The summed E-state index contributed by atoms with van der Waals surface area (Å²) in [6, 6.07) is 7.59. The largest absolute Gasteiger partial charge is 0.353 e. The number of carbonyl (C=O) groups is 1. The van der Waals surface area contributed by atoms with Crippen LogP contribution in [0.15, 0.2) is 30.6 Å². The van der Waals surface area contributed by atoms with Gasteiger partial charge >= 0.3 is 0 Å². The molecule has 7 heteroatoms. The van der Waals surface area contributed by atoms with Crippen LogP contribution in [-0.2, 0) is 4.79 Å². The number of carbonyl (C=O) groups excluding carboxylic acids is 1. The Morgan fingerprint density at radius 2 is 2.21 bits per heavy atom. The molecule has 0 bridgehead atoms. The summed E-state index contributed by atoms with van der Waals surface area (Å²) in [4.78, 5) is 27.1. The normalized spacial score (nSPS) is 17.2. The fourth-order valence-electron chi connectivity index (χ4n) is 2.87. The number of nitriles is 1. The van der Waals surface area contributed by atoms with Gasteiger partial charge in [0.2, 0.25) is 5.91 Å². The molecule has 1 unspecified atom stereocenters. The van der Waals surface area contributed by atoms with Crippen LogP contribution in [0.25, 0.3) is 0 Å². The smallest absolute Gasteiger partial charge is 0.230 e. The number of anilines is 2. The molecule has 2 aromatic heterocycles. The molecule has 1 aliphatic rings. The highest BCUT2D eigenvalue weighted by Gasteiger charge is 2.28. The number of rotatable bonds is 3. The maximum Gasteiger partial charge on any atom is 0.230 e. The number of nitrogens with zero attached hydrogens (tertiary/aromatic N) is 5. The van der Waals surface area contributed by atoms with E-state index in [0.717, 1.165) is 25.1 Å². The van der Waals surface area contributed by atoms with Crippen molar-refractivity contribution in [1.29, 1.82) is 5.26 Å². The van der Waals surface area contributed by atoms with E-state index < -0.39 is 0 Å². The third-order valence-electron chi connectivity index (χ3n) is 4.02. The number of nitrogens with one attached hydrogen (secondary N) is 1. The van der Waals surface area contributed by atoms with Crippen molar-refractivity contribution in [2.75, 3.05) is 23.3 Å². The number of amides is 1. The number of pyridine rings is 1. The van der Waals surface area contributed by atoms with Gasteiger partial charge in [-0.2, -0.15) is 5.26 Å². The molecule has 1 atom stereocenters. The summed E-state index contributed by atoms with van der Waals surface area (Å²) in [5.74, 6) is 0.885. The van der Waals surface area contributed by atoms with Gasteiger partial charge in [0.1, 0.15) is 11.9 Å². The van der Waals surface area contributed by atoms with Crippen LogP contribution in [0.2, 0.25) is 0 Å². The molecule has 1 saturated heterocycles. The van der Waals surface area contributed by atoms with Crippen molar-refractivity contribution in [3.05, 3.63) is 42.0 Å². The second kappa shape index (κ2) is 7.04. The van der Waals surface area contributed by atoms with Crippen LogP contribution in [0.5, 0.6) is 0 Å². The highest BCUT2D eigenvalue weighted by molar-refractivity contribution is 5.92. The molecule has 0 radical (unpaired) electrons. The minimum absolute atomic E-state index is 0.0554. The van der Waals surface area contributed by atoms with Crippen LogP contribution >= 0.6 is 0 Å². The Labute approximate surface area is 140 Å². The third kappa shape index (κ3) is 3.49. The number of piperidine rings is 1. The molecule has 2 aromatic rings. The van der Waals surface area contributed by atoms with E-state index in [2.05, 4.69) is 26.3 Å². The number of aryl methyl sites for hydroxylation is 1. The Morgan fingerprint density at radius 1 is 1.38 bits per heavy atom. The number of hydrogen-bond donors (Lipinski definition) is 1. The molecular formula is C17H18N6O. The van der Waals surface area contributed by atoms with Crippen molar-refractivity contribution < 1.29 is 4.79 Å². The summed E-state index contributed by atoms with van der Waals surface area (Å²) in [6.07, 6.45) is 4.73. The summed E-state index contributed by atoms with van der Waals surface area (Å²) in [6.45, 7) is 3.17. The summed E-state index contributed by atoms with van der Waals surface area (Å²) in [5.41, 5.74) is 1.15. The minimum atomic E-state index is -0.172. The molecule has 1 fully saturated rings. The van der Waals surface area contributed by atoms with E-state index in [0.29, 0.717) is 23.9 Å². The van der Waals surface area contributed by atoms with Crippen LogP contribution in [0.3, 0.4) is 0 Å². The zero-order valence-electron chi connectivity index (χ0n) is 13.4. The lowest BCUT2D eigenvalue weighted by molar-refractivity contribution is -0.120. The fourth-order valence-corrected chi connectivity index (χ4v) is 2.87. The Kier molecular flexibility index (Phi) is 4.66. The molecule has 3 heterocycles. The highest BCUT2D eigenvalue weighted by Crippen LogP contribution is 2.24. The van der Waals surface area contributed by atoms with Gasteiger partial charge in [0.25, 0.3) is 0 Å². The van der Waals surface area contributed by atoms with Crippen molar-refractivity contribution in [2.24, 2.45) is 5.92 Å². The number of aromatic nitrogens is 3. The lowest BCUT2D eigenvalue weighted by atomic mass is 9.97. The second-order valence-electron chi connectivity index (χ2n) is 5.78. The van der Waals surface area contributed by atoms with Crippen LogP contribution in [0, 0.1) is 24.2 Å². The maximum absolute atomic E-state index is 12.5. The molecule has 24 heavy (non-hydrogen) atoms. The van der Waals surface area contributed by atoms with Crippen molar-refractivity contribution in [3.63, 3.8) is 0 Å². The predicted molar refractivity (Wildman–Crippen MR) is 89.3 cm³/mol. The van der Waals surface area contributed by atoms with Gasteiger partial charge in [-0.25, -0.2) is 15.0 Å². The lowest BCUT2D eigenvalue weighted by Crippen LogP contribution is -2.41. The fraction of sp³-hybridized carbons (Fsp3) is 0.353. The van der Waals surface area contributed by atoms with Gasteiger partial charge in [-0.3, -0.25) is 4.79 Å². The molecule has 0 spiro atoms. The van der Waals surface area contributed by atoms with E-state index in [-0.39, 0.29) is 11.8 Å². The first-order chi connectivity index (χ1) is 11.7. The zero-order chi connectivity index (χ0) is 16.9. The van der Waals surface area contributed by atoms with E-state index >= 15 is 0 Å². The third-order valence-corrected chi connectivity index (χ3v) is 4.02. The second-order valence-corrected chi connectivity index (χ2v) is 5.78. The number of hydrogen-bond acceptors (Lipinski definition) is 6. The first-order valence-corrected chi connectivity index (χ1v) is 7.88. The average Bonchev–Trinajstić information content (AvgIpc) is 2.62. The summed E-state index contributed by atoms with van der Waals surface area (Å²) in [5, 5.41) is 12.1. The van der Waals surface area contributed by atoms with Crippen LogP contribution in [-0.4, -0.2) is 33.9 Å². The van der Waals surface area contributed by atoms with Crippen LogP contribution in [0.4, 0.5) is 11.6 Å². The quantitative estimate of drug-likeness (QED) is 0.927. The molecular weight excluding hydrogens is 304 g/mol. The topological polar surface area (TPSA) is 94.8 Å². The Hall–Kier alpha value is -3.01. The average molecular weight is 322 g/mol. The van der Waals surface area contributed by atoms with Gasteiger partial charge in [-0.05, 0) is 31.9 Å². The highest BCUT2D eigenvalue weighted by atomic mass is 16.2. The first-order valence-electron chi connectivity index (χ1n) is 7.88. The van der Waals surface area contributed by atoms with Crippen LogP contribution < -0.4 is 10.2 Å². The molecule has 0 aliphatic carbocycles. The van der Waals surface area contributed by atoms with Gasteiger partial charge in [-0.1, -0.05) is 6.07 Å². The summed E-state index contributed by atoms with van der Waals surface area (Å²) < 4.78 is 0. The standard InChI is InChI=1S/C17H18N6O/c1-12-4-2-6-15(21-12)22-17(24)13-5-3-9-23(11-13)16-14(10-18)19-7-8-20-16/h2,4,6-8,13H,3,5,9,11H2,1H3,(H,21,22,24). The lowest BCUT2D eigenvalue weighted by Gasteiger charge is -2.32. The van der Waals surface area contributed by atoms with Crippen molar-refractivity contribution in [1.82, 2.24) is 15.0 Å². The molecule has 1 amide bonds. The van der Waals surface area contributed by atoms with Gasteiger partial charge < -0.3 is 10.2 Å². The van der Waals surface area contributed by atoms with E-state index in [1.165, 1.54) is 6.20 Å². The Balaban J connectivity index is 1.71. The molecule has 1 N–H and O–H groups in total. The molecule has 0 aromatic carbocycles. The van der Waals surface area contributed by atoms with Crippen molar-refractivity contribution >= 4 is 17.5 Å². The van der Waals surface area contributed by atoms with Crippen LogP contribution in [0.1, 0.15) is 24.2 Å². The monoisotopic (exact) mass is 322 g/mol. The van der Waals surface area contributed by atoms with E-state index in [9.17, 15) is 10.1 Å². The zero-order valence-corrected chi connectivity index (χ0v) is 13.4. The summed E-state index contributed by atoms with van der Waals surface area (Å²) in [7, 11) is 0. The molecule has 0 saturated carbocycles. The van der Waals surface area contributed by atoms with E-state index in [4.69, 9.17) is 0 Å². The van der Waals surface area contributed by atoms with Gasteiger partial charge in [-0.15, -0.1) is 0 Å². The molecule has 7 nitrogen and oxygen atoms in total. The Morgan fingerprint density at radius 3 is 3.00 bits per heavy atom. The van der Waals surface area contributed by atoms with E-state index in [1.54, 1.807) is 12.3 Å². The summed E-state index contributed by atoms with van der Waals surface area (Å²) >= 11 is 0. The Bertz CT molecular complexity index is 785. The first kappa shape index (κ1) is 15.9. The van der Waals surface area contributed by atoms with Crippen molar-refractivity contribution in [2.45, 2.75) is 19.8 Å². The van der Waals surface area contributed by atoms with Crippen molar-refractivity contribution in [3.8, 4) is 6.07 Å². The van der Waals surface area contributed by atoms with Gasteiger partial charge in [0.05, 0.1) is 5.92 Å². The maximum atomic E-state index is 12.5. The van der Waals surface area contributed by atoms with Gasteiger partial charge in [0.15, 0.2) is 11.5 Å². The molecule has 3 rings (SSSR count). The SMILES string of the molecule is Cc1cccc(NC(=O)C2CCCN(c3nccnc3C#N)C2)n1.